The van der Waals surface area contributed by atoms with Crippen LogP contribution in [0.2, 0.25) is 5.15 Å². The molecule has 2 aliphatic rings. The number of nitrogens with zero attached hydrogens (tertiary/aromatic N) is 4. The molecule has 0 aromatic carbocycles. The van der Waals surface area contributed by atoms with Crippen molar-refractivity contribution in [3.8, 4) is 0 Å². The summed E-state index contributed by atoms with van der Waals surface area (Å²) in [7, 11) is 0. The van der Waals surface area contributed by atoms with E-state index in [0.29, 0.717) is 36.6 Å². The fourth-order valence-corrected chi connectivity index (χ4v) is 2.11. The highest BCUT2D eigenvalue weighted by atomic mass is 35.5. The molecule has 0 unspecified atom stereocenters. The second-order valence-corrected chi connectivity index (χ2v) is 4.74. The zero-order valence-electron chi connectivity index (χ0n) is 9.38. The summed E-state index contributed by atoms with van der Waals surface area (Å²) in [6, 6.07) is 5.69. The van der Waals surface area contributed by atoms with Crippen LogP contribution >= 0.6 is 23.2 Å². The average Bonchev–Trinajstić information content (AvgIpc) is 2.29. The summed E-state index contributed by atoms with van der Waals surface area (Å²) < 4.78 is 5.20. The molecular formula is C11H10Cl2N4O. The second-order valence-electron chi connectivity index (χ2n) is 4.01. The van der Waals surface area contributed by atoms with Gasteiger partial charge in [-0.25, -0.2) is 9.98 Å². The number of pyridine rings is 1. The maximum atomic E-state index is 5.90. The Morgan fingerprint density at radius 3 is 2.78 bits per heavy atom. The van der Waals surface area contributed by atoms with E-state index in [1.54, 1.807) is 6.07 Å². The van der Waals surface area contributed by atoms with E-state index >= 15 is 0 Å². The normalized spacial score (nSPS) is 20.2. The lowest BCUT2D eigenvalue weighted by Gasteiger charge is -2.39. The second kappa shape index (κ2) is 4.84. The van der Waals surface area contributed by atoms with Crippen LogP contribution in [0.5, 0.6) is 0 Å². The Labute approximate surface area is 114 Å². The number of aromatic nitrogens is 1. The molecule has 0 radical (unpaired) electrons. The van der Waals surface area contributed by atoms with Gasteiger partial charge in [0, 0.05) is 0 Å². The summed E-state index contributed by atoms with van der Waals surface area (Å²) in [6.07, 6.45) is 0. The van der Waals surface area contributed by atoms with E-state index in [1.807, 2.05) is 17.0 Å². The molecular weight excluding hydrogens is 275 g/mol. The first kappa shape index (κ1) is 11.9. The van der Waals surface area contributed by atoms with E-state index in [1.165, 1.54) is 0 Å². The van der Waals surface area contributed by atoms with Crippen LogP contribution in [0.4, 0.5) is 0 Å². The van der Waals surface area contributed by atoms with E-state index in [9.17, 15) is 0 Å². The van der Waals surface area contributed by atoms with Gasteiger partial charge < -0.3 is 9.64 Å². The molecule has 1 aromatic heterocycles. The van der Waals surface area contributed by atoms with Crippen molar-refractivity contribution in [1.29, 1.82) is 0 Å². The van der Waals surface area contributed by atoms with Crippen molar-refractivity contribution < 1.29 is 4.74 Å². The zero-order chi connectivity index (χ0) is 12.5. The van der Waals surface area contributed by atoms with Crippen molar-refractivity contribution in [1.82, 2.24) is 9.88 Å². The van der Waals surface area contributed by atoms with Crippen LogP contribution in [0.15, 0.2) is 28.2 Å². The van der Waals surface area contributed by atoms with Gasteiger partial charge >= 0.3 is 0 Å². The van der Waals surface area contributed by atoms with Crippen molar-refractivity contribution in [2.24, 2.45) is 9.98 Å². The molecule has 7 heteroatoms. The minimum absolute atomic E-state index is 0.239. The minimum Gasteiger partial charge on any atom is -0.377 e. The van der Waals surface area contributed by atoms with Crippen LogP contribution in [0.1, 0.15) is 5.69 Å². The fourth-order valence-electron chi connectivity index (χ4n) is 1.82. The molecule has 0 saturated carbocycles. The number of aliphatic imine (C=N–C) groups is 2. The van der Waals surface area contributed by atoms with Gasteiger partial charge in [0.05, 0.1) is 19.3 Å². The van der Waals surface area contributed by atoms with Gasteiger partial charge in [0.1, 0.15) is 17.5 Å². The summed E-state index contributed by atoms with van der Waals surface area (Å²) in [5, 5.41) is 0.668. The SMILES string of the molecule is ClC1=NCN(C2COC2)C(c2cccc(Cl)n2)=N1. The molecule has 1 aromatic rings. The Morgan fingerprint density at radius 2 is 2.11 bits per heavy atom. The van der Waals surface area contributed by atoms with Crippen molar-refractivity contribution in [2.45, 2.75) is 6.04 Å². The molecule has 3 rings (SSSR count). The topological polar surface area (TPSA) is 50.1 Å². The number of hydrogen-bond donors (Lipinski definition) is 0. The summed E-state index contributed by atoms with van der Waals surface area (Å²) in [5.74, 6) is 0.700. The quantitative estimate of drug-likeness (QED) is 0.614. The molecule has 3 heterocycles. The van der Waals surface area contributed by atoms with Crippen molar-refractivity contribution in [3.63, 3.8) is 0 Å². The minimum atomic E-state index is 0.239. The molecule has 0 bridgehead atoms. The monoisotopic (exact) mass is 284 g/mol. The van der Waals surface area contributed by atoms with Crippen LogP contribution in [0, 0.1) is 0 Å². The fraction of sp³-hybridized carbons (Fsp3) is 0.364. The Bertz CT molecular complexity index is 528. The third-order valence-electron chi connectivity index (χ3n) is 2.83. The van der Waals surface area contributed by atoms with Crippen LogP contribution < -0.4 is 0 Å². The van der Waals surface area contributed by atoms with Crippen LogP contribution in [-0.4, -0.2) is 46.9 Å². The summed E-state index contributed by atoms with van der Waals surface area (Å²) in [5.41, 5.74) is 0.697. The zero-order valence-corrected chi connectivity index (χ0v) is 10.9. The first-order valence-electron chi connectivity index (χ1n) is 5.50. The smallest absolute Gasteiger partial charge is 0.221 e. The third kappa shape index (κ3) is 2.21. The number of ether oxygens (including phenoxy) is 1. The lowest BCUT2D eigenvalue weighted by Crippen LogP contribution is -2.53. The Hall–Kier alpha value is -1.17. The Morgan fingerprint density at radius 1 is 1.28 bits per heavy atom. The predicted octanol–water partition coefficient (Wildman–Crippen LogP) is 1.75. The lowest BCUT2D eigenvalue weighted by molar-refractivity contribution is -0.0407. The number of hydrogen-bond acceptors (Lipinski definition) is 5. The van der Waals surface area contributed by atoms with E-state index in [-0.39, 0.29) is 11.3 Å². The Kier molecular flexibility index (Phi) is 3.20. The van der Waals surface area contributed by atoms with Crippen LogP contribution in [0.25, 0.3) is 0 Å². The molecule has 2 aliphatic heterocycles. The molecule has 1 saturated heterocycles. The molecule has 5 nitrogen and oxygen atoms in total. The molecule has 1 fully saturated rings. The average molecular weight is 285 g/mol. The molecule has 0 N–H and O–H groups in total. The first-order chi connectivity index (χ1) is 8.74. The molecule has 18 heavy (non-hydrogen) atoms. The highest BCUT2D eigenvalue weighted by molar-refractivity contribution is 6.65. The number of rotatable bonds is 2. The van der Waals surface area contributed by atoms with Gasteiger partial charge in [0.15, 0.2) is 5.84 Å². The summed E-state index contributed by atoms with van der Waals surface area (Å²) in [4.78, 5) is 14.7. The molecule has 94 valence electrons. The van der Waals surface area contributed by atoms with Gasteiger partial charge in [0.25, 0.3) is 0 Å². The summed E-state index contributed by atoms with van der Waals surface area (Å²) in [6.45, 7) is 1.82. The van der Waals surface area contributed by atoms with Gasteiger partial charge in [-0.3, -0.25) is 0 Å². The van der Waals surface area contributed by atoms with Crippen molar-refractivity contribution in [3.05, 3.63) is 29.0 Å². The van der Waals surface area contributed by atoms with E-state index in [2.05, 4.69) is 15.0 Å². The number of halogens is 2. The molecule has 0 amide bonds. The van der Waals surface area contributed by atoms with Gasteiger partial charge in [0.2, 0.25) is 5.29 Å². The van der Waals surface area contributed by atoms with Crippen LogP contribution in [0.3, 0.4) is 0 Å². The molecule has 0 atom stereocenters. The van der Waals surface area contributed by atoms with Crippen molar-refractivity contribution >= 4 is 34.3 Å². The first-order valence-corrected chi connectivity index (χ1v) is 6.25. The largest absolute Gasteiger partial charge is 0.377 e. The highest BCUT2D eigenvalue weighted by Gasteiger charge is 2.31. The van der Waals surface area contributed by atoms with Gasteiger partial charge in [-0.1, -0.05) is 17.7 Å². The maximum Gasteiger partial charge on any atom is 0.221 e. The van der Waals surface area contributed by atoms with Crippen LogP contribution in [-0.2, 0) is 4.74 Å². The summed E-state index contributed by atoms with van der Waals surface area (Å²) >= 11 is 11.8. The van der Waals surface area contributed by atoms with Gasteiger partial charge in [-0.15, -0.1) is 0 Å². The standard InChI is InChI=1S/C11H10Cl2N4O/c12-9-3-1-2-8(15-9)10-16-11(13)14-6-17(10)7-4-18-5-7/h1-3,7H,4-6H2. The highest BCUT2D eigenvalue weighted by Crippen LogP contribution is 2.19. The lowest BCUT2D eigenvalue weighted by atomic mass is 10.2. The maximum absolute atomic E-state index is 5.90. The number of amidine groups is 2. The molecule has 0 spiro atoms. The van der Waals surface area contributed by atoms with E-state index in [4.69, 9.17) is 27.9 Å². The van der Waals surface area contributed by atoms with Crippen molar-refractivity contribution in [2.75, 3.05) is 19.9 Å². The van der Waals surface area contributed by atoms with E-state index in [0.717, 1.165) is 0 Å². The Balaban J connectivity index is 1.96. The van der Waals surface area contributed by atoms with Gasteiger partial charge in [-0.05, 0) is 23.7 Å². The molecule has 0 aliphatic carbocycles. The van der Waals surface area contributed by atoms with Gasteiger partial charge in [-0.2, -0.15) is 4.99 Å². The predicted molar refractivity (Wildman–Crippen MR) is 70.4 cm³/mol. The van der Waals surface area contributed by atoms with E-state index < -0.39 is 0 Å². The third-order valence-corrected chi connectivity index (χ3v) is 3.24.